The van der Waals surface area contributed by atoms with Gasteiger partial charge in [-0.3, -0.25) is 4.79 Å². The molecule has 2 aromatic rings. The van der Waals surface area contributed by atoms with E-state index in [0.29, 0.717) is 25.2 Å². The van der Waals surface area contributed by atoms with E-state index >= 15 is 0 Å². The Bertz CT molecular complexity index is 688. The fourth-order valence-electron chi connectivity index (χ4n) is 2.71. The average Bonchev–Trinajstić information content (AvgIpc) is 2.67. The van der Waals surface area contributed by atoms with E-state index in [1.807, 2.05) is 48.5 Å². The fraction of sp³-hybridized carbons (Fsp3) is 0.263. The van der Waals surface area contributed by atoms with E-state index < -0.39 is 6.04 Å². The predicted octanol–water partition coefficient (Wildman–Crippen LogP) is 2.48. The zero-order valence-corrected chi connectivity index (χ0v) is 13.4. The minimum absolute atomic E-state index is 0.00356. The van der Waals surface area contributed by atoms with Gasteiger partial charge in [-0.15, -0.1) is 0 Å². The molecule has 1 saturated heterocycles. The Morgan fingerprint density at radius 3 is 2.42 bits per heavy atom. The van der Waals surface area contributed by atoms with Crippen molar-refractivity contribution in [1.29, 1.82) is 0 Å². The Morgan fingerprint density at radius 2 is 1.71 bits per heavy atom. The number of ether oxygens (including phenoxy) is 1. The zero-order valence-electron chi connectivity index (χ0n) is 13.4. The number of carbonyl (C=O) groups excluding carboxylic acids is 2. The Labute approximate surface area is 141 Å². The highest BCUT2D eigenvalue weighted by Gasteiger charge is 2.29. The van der Waals surface area contributed by atoms with Crippen LogP contribution in [0.3, 0.4) is 0 Å². The maximum Gasteiger partial charge on any atom is 0.410 e. The summed E-state index contributed by atoms with van der Waals surface area (Å²) in [6.07, 6.45) is -0.383. The first-order valence-electron chi connectivity index (χ1n) is 8.02. The Balaban J connectivity index is 1.57. The maximum absolute atomic E-state index is 12.5. The van der Waals surface area contributed by atoms with Crippen molar-refractivity contribution in [3.63, 3.8) is 0 Å². The fourth-order valence-corrected chi connectivity index (χ4v) is 2.71. The van der Waals surface area contributed by atoms with E-state index in [1.165, 1.54) is 0 Å². The molecule has 24 heavy (non-hydrogen) atoms. The van der Waals surface area contributed by atoms with Crippen molar-refractivity contribution in [2.24, 2.45) is 0 Å². The van der Waals surface area contributed by atoms with Gasteiger partial charge >= 0.3 is 6.09 Å². The van der Waals surface area contributed by atoms with E-state index in [2.05, 4.69) is 5.32 Å². The third-order valence-electron chi connectivity index (χ3n) is 4.01. The summed E-state index contributed by atoms with van der Waals surface area (Å²) in [6, 6.07) is 18.3. The summed E-state index contributed by atoms with van der Waals surface area (Å²) in [5.74, 6) is -0.00356. The van der Waals surface area contributed by atoms with Crippen LogP contribution in [0.25, 0.3) is 0 Å². The number of benzene rings is 2. The lowest BCUT2D eigenvalue weighted by molar-refractivity contribution is 0.0753. The molecule has 0 radical (unpaired) electrons. The van der Waals surface area contributed by atoms with E-state index in [0.717, 1.165) is 5.56 Å². The second kappa shape index (κ2) is 7.75. The minimum Gasteiger partial charge on any atom is -0.445 e. The van der Waals surface area contributed by atoms with Crippen LogP contribution in [0, 0.1) is 0 Å². The molecule has 1 atom stereocenters. The first kappa shape index (κ1) is 16.2. The molecule has 0 bridgehead atoms. The highest BCUT2D eigenvalue weighted by Crippen LogP contribution is 2.10. The third-order valence-corrected chi connectivity index (χ3v) is 4.01. The van der Waals surface area contributed by atoms with Crippen molar-refractivity contribution >= 4 is 11.9 Å². The number of hydrogen-bond acceptors (Lipinski definition) is 4. The molecule has 1 fully saturated rings. The van der Waals surface area contributed by atoms with Gasteiger partial charge in [-0.25, -0.2) is 4.79 Å². The molecule has 1 amide bonds. The molecule has 5 heteroatoms. The first-order chi connectivity index (χ1) is 11.7. The van der Waals surface area contributed by atoms with Crippen LogP contribution in [-0.4, -0.2) is 42.5 Å². The van der Waals surface area contributed by atoms with Crippen LogP contribution in [0.1, 0.15) is 15.9 Å². The third kappa shape index (κ3) is 4.00. The van der Waals surface area contributed by atoms with Gasteiger partial charge in [-0.2, -0.15) is 0 Å². The van der Waals surface area contributed by atoms with Crippen LogP contribution in [0.2, 0.25) is 0 Å². The van der Waals surface area contributed by atoms with Gasteiger partial charge in [0.2, 0.25) is 0 Å². The first-order valence-corrected chi connectivity index (χ1v) is 8.02. The molecule has 0 aliphatic carbocycles. The van der Waals surface area contributed by atoms with Gasteiger partial charge in [-0.1, -0.05) is 60.7 Å². The number of nitrogens with zero attached hydrogens (tertiary/aromatic N) is 1. The van der Waals surface area contributed by atoms with E-state index in [1.54, 1.807) is 17.0 Å². The normalized spacial score (nSPS) is 17.3. The van der Waals surface area contributed by atoms with Gasteiger partial charge in [0.1, 0.15) is 6.61 Å². The predicted molar refractivity (Wildman–Crippen MR) is 90.8 cm³/mol. The number of hydrogen-bond donors (Lipinski definition) is 1. The maximum atomic E-state index is 12.5. The van der Waals surface area contributed by atoms with Crippen LogP contribution in [-0.2, 0) is 11.3 Å². The molecule has 0 unspecified atom stereocenters. The number of carbonyl (C=O) groups is 2. The highest BCUT2D eigenvalue weighted by atomic mass is 16.6. The van der Waals surface area contributed by atoms with Crippen molar-refractivity contribution in [3.8, 4) is 0 Å². The summed E-state index contributed by atoms with van der Waals surface area (Å²) in [5, 5.41) is 3.18. The van der Waals surface area contributed by atoms with Crippen LogP contribution in [0.5, 0.6) is 0 Å². The summed E-state index contributed by atoms with van der Waals surface area (Å²) in [6.45, 7) is 1.66. The summed E-state index contributed by atoms with van der Waals surface area (Å²) in [4.78, 5) is 26.3. The second-order valence-corrected chi connectivity index (χ2v) is 5.72. The van der Waals surface area contributed by atoms with Crippen LogP contribution >= 0.6 is 0 Å². The van der Waals surface area contributed by atoms with Crippen molar-refractivity contribution in [2.45, 2.75) is 12.6 Å². The van der Waals surface area contributed by atoms with E-state index in [4.69, 9.17) is 4.74 Å². The number of rotatable bonds is 4. The van der Waals surface area contributed by atoms with Crippen LogP contribution in [0.15, 0.2) is 60.7 Å². The highest BCUT2D eigenvalue weighted by molar-refractivity contribution is 6.00. The molecular formula is C19H20N2O3. The lowest BCUT2D eigenvalue weighted by atomic mass is 10.0. The molecule has 0 spiro atoms. The Morgan fingerprint density at radius 1 is 1.04 bits per heavy atom. The molecular weight excluding hydrogens is 304 g/mol. The molecule has 124 valence electrons. The van der Waals surface area contributed by atoms with E-state index in [9.17, 15) is 9.59 Å². The summed E-state index contributed by atoms with van der Waals surface area (Å²) >= 11 is 0. The monoisotopic (exact) mass is 324 g/mol. The summed E-state index contributed by atoms with van der Waals surface area (Å²) in [7, 11) is 0. The van der Waals surface area contributed by atoms with Gasteiger partial charge in [0.15, 0.2) is 5.78 Å². The van der Waals surface area contributed by atoms with E-state index in [-0.39, 0.29) is 18.5 Å². The zero-order chi connectivity index (χ0) is 16.8. The molecule has 1 aliphatic heterocycles. The molecule has 0 aromatic heterocycles. The van der Waals surface area contributed by atoms with Crippen molar-refractivity contribution in [3.05, 3.63) is 71.8 Å². The Kier molecular flexibility index (Phi) is 5.23. The number of piperazine rings is 1. The molecule has 5 nitrogen and oxygen atoms in total. The SMILES string of the molecule is O=C(c1ccccc1)[C@@H]1CN(C(=O)OCc2ccccc2)CCN1. The minimum atomic E-state index is -0.398. The molecule has 3 rings (SSSR count). The lowest BCUT2D eigenvalue weighted by Crippen LogP contribution is -2.55. The summed E-state index contributed by atoms with van der Waals surface area (Å²) in [5.41, 5.74) is 1.59. The van der Waals surface area contributed by atoms with Crippen molar-refractivity contribution in [2.75, 3.05) is 19.6 Å². The number of Topliss-reactive ketones (excluding diaryl/α,β-unsaturated/α-hetero) is 1. The van der Waals surface area contributed by atoms with Crippen molar-refractivity contribution < 1.29 is 14.3 Å². The molecule has 0 saturated carbocycles. The van der Waals surface area contributed by atoms with Gasteiger partial charge in [0.05, 0.1) is 6.04 Å². The van der Waals surface area contributed by atoms with Crippen LogP contribution < -0.4 is 5.32 Å². The molecule has 1 aliphatic rings. The topological polar surface area (TPSA) is 58.6 Å². The van der Waals surface area contributed by atoms with Gasteiger partial charge in [0.25, 0.3) is 0 Å². The number of nitrogens with one attached hydrogen (secondary N) is 1. The van der Waals surface area contributed by atoms with Gasteiger partial charge < -0.3 is 15.0 Å². The average molecular weight is 324 g/mol. The van der Waals surface area contributed by atoms with Crippen LogP contribution in [0.4, 0.5) is 4.79 Å². The largest absolute Gasteiger partial charge is 0.445 e. The Hall–Kier alpha value is -2.66. The number of amides is 1. The van der Waals surface area contributed by atoms with Crippen molar-refractivity contribution in [1.82, 2.24) is 10.2 Å². The van der Waals surface area contributed by atoms with Gasteiger partial charge in [0, 0.05) is 25.2 Å². The quantitative estimate of drug-likeness (QED) is 0.878. The molecule has 1 N–H and O–H groups in total. The second-order valence-electron chi connectivity index (χ2n) is 5.72. The molecule has 1 heterocycles. The number of ketones is 1. The van der Waals surface area contributed by atoms with Gasteiger partial charge in [-0.05, 0) is 5.56 Å². The lowest BCUT2D eigenvalue weighted by Gasteiger charge is -2.32. The molecule has 2 aromatic carbocycles. The standard InChI is InChI=1S/C19H20N2O3/c22-18(16-9-5-2-6-10-16)17-13-21(12-11-20-17)19(23)24-14-15-7-3-1-4-8-15/h1-10,17,20H,11-14H2/t17-/m0/s1. The smallest absolute Gasteiger partial charge is 0.410 e. The summed E-state index contributed by atoms with van der Waals surface area (Å²) < 4.78 is 5.35.